The lowest BCUT2D eigenvalue weighted by atomic mass is 10.1. The summed E-state index contributed by atoms with van der Waals surface area (Å²) >= 11 is 0. The minimum Gasteiger partial charge on any atom is -0.396 e. The highest BCUT2D eigenvalue weighted by atomic mass is 16.3. The molecule has 1 saturated heterocycles. The molecule has 1 heterocycles. The third-order valence-corrected chi connectivity index (χ3v) is 3.57. The van der Waals surface area contributed by atoms with E-state index in [2.05, 4.69) is 41.4 Å². The van der Waals surface area contributed by atoms with Gasteiger partial charge in [0, 0.05) is 25.7 Å². The monoisotopic (exact) mass is 248 g/mol. The van der Waals surface area contributed by atoms with E-state index in [0.29, 0.717) is 6.04 Å². The van der Waals surface area contributed by atoms with Crippen molar-refractivity contribution in [2.75, 3.05) is 26.2 Å². The minimum absolute atomic E-state index is 0.274. The van der Waals surface area contributed by atoms with Gasteiger partial charge in [0.2, 0.25) is 0 Å². The van der Waals surface area contributed by atoms with E-state index in [1.807, 2.05) is 0 Å². The van der Waals surface area contributed by atoms with Gasteiger partial charge in [-0.25, -0.2) is 0 Å². The first-order valence-corrected chi connectivity index (χ1v) is 6.90. The molecule has 3 heteroatoms. The van der Waals surface area contributed by atoms with E-state index in [1.54, 1.807) is 0 Å². The normalized spacial score (nSPS) is 21.8. The maximum Gasteiger partial charge on any atom is 0.0446 e. The zero-order chi connectivity index (χ0) is 12.8. The zero-order valence-electron chi connectivity index (χ0n) is 11.2. The molecule has 1 aromatic rings. The third-order valence-electron chi connectivity index (χ3n) is 3.57. The second kappa shape index (κ2) is 6.88. The van der Waals surface area contributed by atoms with Gasteiger partial charge in [-0.3, -0.25) is 4.90 Å². The summed E-state index contributed by atoms with van der Waals surface area (Å²) in [6.45, 7) is 6.66. The Labute approximate surface area is 110 Å². The molecule has 1 aliphatic heterocycles. The Kier molecular flexibility index (Phi) is 5.17. The van der Waals surface area contributed by atoms with Gasteiger partial charge in [0.05, 0.1) is 0 Å². The molecule has 0 amide bonds. The van der Waals surface area contributed by atoms with Gasteiger partial charge >= 0.3 is 0 Å². The van der Waals surface area contributed by atoms with Crippen LogP contribution in [0, 0.1) is 6.92 Å². The highest BCUT2D eigenvalue weighted by molar-refractivity contribution is 5.21. The summed E-state index contributed by atoms with van der Waals surface area (Å²) in [7, 11) is 0. The Morgan fingerprint density at radius 1 is 1.33 bits per heavy atom. The third kappa shape index (κ3) is 4.09. The van der Waals surface area contributed by atoms with Crippen molar-refractivity contribution in [2.45, 2.75) is 32.4 Å². The highest BCUT2D eigenvalue weighted by Gasteiger charge is 2.17. The molecular weight excluding hydrogens is 224 g/mol. The van der Waals surface area contributed by atoms with Crippen LogP contribution >= 0.6 is 0 Å². The zero-order valence-corrected chi connectivity index (χ0v) is 11.2. The average Bonchev–Trinajstić information content (AvgIpc) is 2.58. The number of benzene rings is 1. The van der Waals surface area contributed by atoms with Gasteiger partial charge in [0.25, 0.3) is 0 Å². The van der Waals surface area contributed by atoms with Gasteiger partial charge in [0.15, 0.2) is 0 Å². The quantitative estimate of drug-likeness (QED) is 0.848. The van der Waals surface area contributed by atoms with Gasteiger partial charge in [-0.15, -0.1) is 0 Å². The van der Waals surface area contributed by atoms with E-state index in [4.69, 9.17) is 5.11 Å². The highest BCUT2D eigenvalue weighted by Crippen LogP contribution is 2.10. The van der Waals surface area contributed by atoms with Gasteiger partial charge in [-0.2, -0.15) is 0 Å². The van der Waals surface area contributed by atoms with Crippen LogP contribution in [0.3, 0.4) is 0 Å². The Balaban J connectivity index is 1.92. The van der Waals surface area contributed by atoms with Crippen LogP contribution in [0.5, 0.6) is 0 Å². The molecule has 0 aliphatic carbocycles. The van der Waals surface area contributed by atoms with E-state index in [1.165, 1.54) is 17.5 Å². The molecule has 1 aromatic carbocycles. The molecule has 1 atom stereocenters. The van der Waals surface area contributed by atoms with Crippen LogP contribution in [0.4, 0.5) is 0 Å². The van der Waals surface area contributed by atoms with Crippen LogP contribution in [0.15, 0.2) is 24.3 Å². The van der Waals surface area contributed by atoms with Crippen LogP contribution in [0.25, 0.3) is 0 Å². The molecule has 100 valence electrons. The van der Waals surface area contributed by atoms with Crippen molar-refractivity contribution in [3.05, 3.63) is 35.4 Å². The van der Waals surface area contributed by atoms with Crippen molar-refractivity contribution in [1.82, 2.24) is 10.2 Å². The predicted molar refractivity (Wildman–Crippen MR) is 74.6 cm³/mol. The van der Waals surface area contributed by atoms with Gasteiger partial charge < -0.3 is 10.4 Å². The van der Waals surface area contributed by atoms with Crippen molar-refractivity contribution in [3.63, 3.8) is 0 Å². The van der Waals surface area contributed by atoms with Crippen molar-refractivity contribution < 1.29 is 5.11 Å². The smallest absolute Gasteiger partial charge is 0.0446 e. The molecule has 1 fully saturated rings. The van der Waals surface area contributed by atoms with Crippen LogP contribution in [0.1, 0.15) is 24.0 Å². The number of nitrogens with zero attached hydrogens (tertiary/aromatic N) is 1. The maximum absolute atomic E-state index is 9.06. The van der Waals surface area contributed by atoms with Crippen molar-refractivity contribution in [3.8, 4) is 0 Å². The van der Waals surface area contributed by atoms with E-state index in [9.17, 15) is 0 Å². The van der Waals surface area contributed by atoms with Crippen LogP contribution < -0.4 is 5.32 Å². The first-order valence-electron chi connectivity index (χ1n) is 6.90. The molecule has 1 aliphatic rings. The number of hydrogen-bond acceptors (Lipinski definition) is 3. The van der Waals surface area contributed by atoms with Crippen LogP contribution in [0.2, 0.25) is 0 Å². The molecule has 3 nitrogen and oxygen atoms in total. The molecule has 0 saturated carbocycles. The van der Waals surface area contributed by atoms with E-state index in [-0.39, 0.29) is 6.61 Å². The summed E-state index contributed by atoms with van der Waals surface area (Å²) < 4.78 is 0. The molecule has 0 spiro atoms. The Bertz CT molecular complexity index is 350. The fraction of sp³-hybridized carbons (Fsp3) is 0.600. The number of aliphatic hydroxyl groups excluding tert-OH is 1. The second-order valence-corrected chi connectivity index (χ2v) is 5.24. The summed E-state index contributed by atoms with van der Waals surface area (Å²) in [5.74, 6) is 0. The summed E-state index contributed by atoms with van der Waals surface area (Å²) in [6, 6.07) is 9.22. The van der Waals surface area contributed by atoms with Crippen LogP contribution in [-0.2, 0) is 6.54 Å². The maximum atomic E-state index is 9.06. The fourth-order valence-electron chi connectivity index (χ4n) is 2.52. The van der Waals surface area contributed by atoms with Crippen molar-refractivity contribution in [1.29, 1.82) is 0 Å². The second-order valence-electron chi connectivity index (χ2n) is 5.24. The number of rotatable bonds is 4. The molecular formula is C15H24N2O. The number of aryl methyl sites for hydroxylation is 1. The van der Waals surface area contributed by atoms with Gasteiger partial charge in [-0.1, -0.05) is 29.8 Å². The predicted octanol–water partition coefficient (Wildman–Crippen LogP) is 1.54. The topological polar surface area (TPSA) is 35.5 Å². The average molecular weight is 248 g/mol. The SMILES string of the molecule is Cc1ccc(CN2CCCNC(CCO)C2)cc1. The molecule has 0 bridgehead atoms. The van der Waals surface area contributed by atoms with E-state index in [0.717, 1.165) is 32.6 Å². The van der Waals surface area contributed by atoms with Crippen molar-refractivity contribution in [2.24, 2.45) is 0 Å². The largest absolute Gasteiger partial charge is 0.396 e. The Morgan fingerprint density at radius 2 is 2.11 bits per heavy atom. The molecule has 2 rings (SSSR count). The standard InChI is InChI=1S/C15H24N2O/c1-13-3-5-14(6-4-13)11-17-9-2-8-16-15(12-17)7-10-18/h3-6,15-16,18H,2,7-12H2,1H3. The first kappa shape index (κ1) is 13.5. The molecule has 18 heavy (non-hydrogen) atoms. The fourth-order valence-corrected chi connectivity index (χ4v) is 2.52. The summed E-state index contributed by atoms with van der Waals surface area (Å²) in [4.78, 5) is 2.49. The molecule has 2 N–H and O–H groups in total. The molecule has 0 radical (unpaired) electrons. The molecule has 1 unspecified atom stereocenters. The lowest BCUT2D eigenvalue weighted by Gasteiger charge is -2.24. The lowest BCUT2D eigenvalue weighted by molar-refractivity contribution is 0.223. The van der Waals surface area contributed by atoms with Crippen LogP contribution in [-0.4, -0.2) is 42.3 Å². The van der Waals surface area contributed by atoms with Crippen molar-refractivity contribution >= 4 is 0 Å². The Morgan fingerprint density at radius 3 is 2.83 bits per heavy atom. The first-order chi connectivity index (χ1) is 8.78. The van der Waals surface area contributed by atoms with Gasteiger partial charge in [0.1, 0.15) is 0 Å². The minimum atomic E-state index is 0.274. The summed E-state index contributed by atoms with van der Waals surface area (Å²) in [5.41, 5.74) is 2.69. The number of hydrogen-bond donors (Lipinski definition) is 2. The van der Waals surface area contributed by atoms with E-state index >= 15 is 0 Å². The number of nitrogens with one attached hydrogen (secondary N) is 1. The van der Waals surface area contributed by atoms with E-state index < -0.39 is 0 Å². The van der Waals surface area contributed by atoms with Gasteiger partial charge in [-0.05, 0) is 38.4 Å². The lowest BCUT2D eigenvalue weighted by Crippen LogP contribution is -2.38. The number of aliphatic hydroxyl groups is 1. The Hall–Kier alpha value is -0.900. The molecule has 0 aromatic heterocycles. The summed E-state index contributed by atoms with van der Waals surface area (Å²) in [6.07, 6.45) is 2.04. The summed E-state index contributed by atoms with van der Waals surface area (Å²) in [5, 5.41) is 12.6.